The molecular weight excluding hydrogens is 243 g/mol. The lowest BCUT2D eigenvalue weighted by Gasteiger charge is -2.03. The predicted octanol–water partition coefficient (Wildman–Crippen LogP) is 1.80. The minimum absolute atomic E-state index is 0.126. The summed E-state index contributed by atoms with van der Waals surface area (Å²) < 4.78 is 16.6. The molecule has 0 atom stereocenters. The van der Waals surface area contributed by atoms with E-state index in [9.17, 15) is 9.18 Å². The number of aromatic nitrogens is 2. The van der Waals surface area contributed by atoms with E-state index in [1.807, 2.05) is 0 Å². The minimum Gasteiger partial charge on any atom is -0.321 e. The topological polar surface area (TPSA) is 78.7 Å². The van der Waals surface area contributed by atoms with Crippen molar-refractivity contribution in [1.29, 1.82) is 5.26 Å². The molecule has 1 N–H and O–H groups in total. The Hall–Kier alpha value is -2.33. The summed E-state index contributed by atoms with van der Waals surface area (Å²) in [7, 11) is 0. The predicted molar refractivity (Wildman–Crippen MR) is 59.0 cm³/mol. The summed E-state index contributed by atoms with van der Waals surface area (Å²) in [6, 6.07) is 5.44. The third-order valence-electron chi connectivity index (χ3n) is 1.94. The molecule has 1 amide bonds. The van der Waals surface area contributed by atoms with Crippen LogP contribution < -0.4 is 5.32 Å². The number of amides is 1. The molecule has 0 aliphatic rings. The molecule has 0 bridgehead atoms. The van der Waals surface area contributed by atoms with Crippen molar-refractivity contribution in [3.63, 3.8) is 0 Å². The molecule has 7 heteroatoms. The lowest BCUT2D eigenvalue weighted by Crippen LogP contribution is -2.12. The van der Waals surface area contributed by atoms with Gasteiger partial charge in [-0.3, -0.25) is 4.79 Å². The third kappa shape index (κ3) is 2.43. The number of carbonyl (C=O) groups excluding carboxylic acids is 1. The third-order valence-corrected chi connectivity index (χ3v) is 2.44. The van der Waals surface area contributed by atoms with Crippen LogP contribution in [0, 0.1) is 17.1 Å². The molecule has 1 heterocycles. The molecule has 0 aliphatic heterocycles. The molecule has 84 valence electrons. The van der Waals surface area contributed by atoms with Gasteiger partial charge in [0.1, 0.15) is 11.9 Å². The number of anilines is 1. The van der Waals surface area contributed by atoms with Crippen LogP contribution in [-0.4, -0.2) is 15.5 Å². The first kappa shape index (κ1) is 11.2. The van der Waals surface area contributed by atoms with Gasteiger partial charge in [0.15, 0.2) is 5.69 Å². The van der Waals surface area contributed by atoms with Gasteiger partial charge in [-0.15, -0.1) is 5.10 Å². The Morgan fingerprint density at radius 3 is 3.00 bits per heavy atom. The zero-order valence-electron chi connectivity index (χ0n) is 8.35. The van der Waals surface area contributed by atoms with E-state index in [1.54, 1.807) is 6.07 Å². The Morgan fingerprint density at radius 2 is 2.35 bits per heavy atom. The molecule has 2 aromatic rings. The first-order chi connectivity index (χ1) is 8.20. The van der Waals surface area contributed by atoms with Crippen molar-refractivity contribution in [3.8, 4) is 6.07 Å². The van der Waals surface area contributed by atoms with E-state index < -0.39 is 11.7 Å². The van der Waals surface area contributed by atoms with Gasteiger partial charge in [0.05, 0.1) is 5.56 Å². The average molecular weight is 248 g/mol. The minimum atomic E-state index is -0.624. The van der Waals surface area contributed by atoms with Crippen molar-refractivity contribution in [1.82, 2.24) is 9.59 Å². The summed E-state index contributed by atoms with van der Waals surface area (Å²) in [6.45, 7) is 0. The largest absolute Gasteiger partial charge is 0.321 e. The van der Waals surface area contributed by atoms with Gasteiger partial charge in [-0.1, -0.05) is 4.49 Å². The molecule has 2 rings (SSSR count). The standard InChI is InChI=1S/C10H5FN4OS/c11-8-2-1-7(3-6(8)4-12)13-10(16)9-5-17-15-14-9/h1-3,5H,(H,13,16). The van der Waals surface area contributed by atoms with Crippen LogP contribution in [0.1, 0.15) is 16.1 Å². The molecule has 0 unspecified atom stereocenters. The van der Waals surface area contributed by atoms with E-state index >= 15 is 0 Å². The molecule has 0 radical (unpaired) electrons. The monoisotopic (exact) mass is 248 g/mol. The first-order valence-corrected chi connectivity index (χ1v) is 5.32. The Labute approximate surface area is 99.7 Å². The number of hydrogen-bond donors (Lipinski definition) is 1. The summed E-state index contributed by atoms with van der Waals surface area (Å²) >= 11 is 1.05. The van der Waals surface area contributed by atoms with Crippen molar-refractivity contribution in [2.75, 3.05) is 5.32 Å². The fourth-order valence-electron chi connectivity index (χ4n) is 1.15. The van der Waals surface area contributed by atoms with E-state index in [4.69, 9.17) is 5.26 Å². The van der Waals surface area contributed by atoms with Crippen molar-refractivity contribution in [2.24, 2.45) is 0 Å². The highest BCUT2D eigenvalue weighted by Crippen LogP contribution is 2.14. The van der Waals surface area contributed by atoms with Gasteiger partial charge >= 0.3 is 0 Å². The molecule has 0 saturated heterocycles. The van der Waals surface area contributed by atoms with Gasteiger partial charge in [0.25, 0.3) is 5.91 Å². The van der Waals surface area contributed by atoms with Crippen molar-refractivity contribution >= 4 is 23.1 Å². The van der Waals surface area contributed by atoms with Crippen LogP contribution in [0.4, 0.5) is 10.1 Å². The van der Waals surface area contributed by atoms with Crippen LogP contribution in [0.5, 0.6) is 0 Å². The van der Waals surface area contributed by atoms with E-state index in [1.165, 1.54) is 17.5 Å². The molecule has 0 fully saturated rings. The lowest BCUT2D eigenvalue weighted by atomic mass is 10.2. The number of rotatable bonds is 2. The average Bonchev–Trinajstić information content (AvgIpc) is 2.85. The van der Waals surface area contributed by atoms with Crippen molar-refractivity contribution in [3.05, 3.63) is 40.7 Å². The van der Waals surface area contributed by atoms with E-state index in [2.05, 4.69) is 14.9 Å². The van der Waals surface area contributed by atoms with Crippen LogP contribution in [0.15, 0.2) is 23.6 Å². The second kappa shape index (κ2) is 4.67. The lowest BCUT2D eigenvalue weighted by molar-refractivity contribution is 0.102. The molecule has 17 heavy (non-hydrogen) atoms. The zero-order chi connectivity index (χ0) is 12.3. The van der Waals surface area contributed by atoms with Gasteiger partial charge < -0.3 is 5.32 Å². The number of hydrogen-bond acceptors (Lipinski definition) is 5. The van der Waals surface area contributed by atoms with Gasteiger partial charge in [-0.05, 0) is 29.7 Å². The highest BCUT2D eigenvalue weighted by atomic mass is 32.1. The Kier molecular flexibility index (Phi) is 3.07. The molecule has 1 aromatic carbocycles. The highest BCUT2D eigenvalue weighted by molar-refractivity contribution is 7.03. The SMILES string of the molecule is N#Cc1cc(NC(=O)c2csnn2)ccc1F. The van der Waals surface area contributed by atoms with Crippen molar-refractivity contribution < 1.29 is 9.18 Å². The first-order valence-electron chi connectivity index (χ1n) is 4.49. The zero-order valence-corrected chi connectivity index (χ0v) is 9.16. The van der Waals surface area contributed by atoms with Crippen LogP contribution in [-0.2, 0) is 0 Å². The summed E-state index contributed by atoms with van der Waals surface area (Å²) in [5.74, 6) is -1.07. The van der Waals surface area contributed by atoms with Crippen LogP contribution in [0.25, 0.3) is 0 Å². The van der Waals surface area contributed by atoms with Crippen LogP contribution >= 0.6 is 11.5 Å². The number of nitrogens with zero attached hydrogens (tertiary/aromatic N) is 3. The van der Waals surface area contributed by atoms with Gasteiger partial charge in [0.2, 0.25) is 0 Å². The summed E-state index contributed by atoms with van der Waals surface area (Å²) in [4.78, 5) is 11.6. The Balaban J connectivity index is 2.20. The van der Waals surface area contributed by atoms with E-state index in [0.717, 1.165) is 17.6 Å². The van der Waals surface area contributed by atoms with Gasteiger partial charge in [0, 0.05) is 11.1 Å². The quantitative estimate of drug-likeness (QED) is 0.878. The molecule has 0 spiro atoms. The number of nitriles is 1. The van der Waals surface area contributed by atoms with Crippen LogP contribution in [0.3, 0.4) is 0 Å². The summed E-state index contributed by atoms with van der Waals surface area (Å²) in [5, 5.41) is 16.2. The van der Waals surface area contributed by atoms with Crippen LogP contribution in [0.2, 0.25) is 0 Å². The number of halogens is 1. The van der Waals surface area contributed by atoms with E-state index in [0.29, 0.717) is 5.69 Å². The maximum Gasteiger partial charge on any atom is 0.277 e. The normalized spacial score (nSPS) is 9.65. The molecular formula is C10H5FN4OS. The second-order valence-electron chi connectivity index (χ2n) is 3.05. The number of nitrogens with one attached hydrogen (secondary N) is 1. The molecule has 5 nitrogen and oxygen atoms in total. The maximum absolute atomic E-state index is 13.0. The highest BCUT2D eigenvalue weighted by Gasteiger charge is 2.10. The molecule has 0 aliphatic carbocycles. The smallest absolute Gasteiger partial charge is 0.277 e. The maximum atomic E-state index is 13.0. The molecule has 0 saturated carbocycles. The Morgan fingerprint density at radius 1 is 1.53 bits per heavy atom. The number of carbonyl (C=O) groups is 1. The fourth-order valence-corrected chi connectivity index (χ4v) is 1.58. The number of benzene rings is 1. The van der Waals surface area contributed by atoms with Gasteiger partial charge in [-0.25, -0.2) is 4.39 Å². The Bertz CT molecular complexity index is 591. The van der Waals surface area contributed by atoms with Crippen molar-refractivity contribution in [2.45, 2.75) is 0 Å². The summed E-state index contributed by atoms with van der Waals surface area (Å²) in [5.41, 5.74) is 0.387. The second-order valence-corrected chi connectivity index (χ2v) is 3.66. The fraction of sp³-hybridized carbons (Fsp3) is 0. The molecule has 1 aromatic heterocycles. The van der Waals surface area contributed by atoms with E-state index in [-0.39, 0.29) is 11.3 Å². The summed E-state index contributed by atoms with van der Waals surface area (Å²) in [6.07, 6.45) is 0. The van der Waals surface area contributed by atoms with Gasteiger partial charge in [-0.2, -0.15) is 5.26 Å².